The van der Waals surface area contributed by atoms with Crippen molar-refractivity contribution < 1.29 is 4.79 Å². The van der Waals surface area contributed by atoms with Crippen LogP contribution in [0.5, 0.6) is 0 Å². The molecule has 0 unspecified atom stereocenters. The van der Waals surface area contributed by atoms with E-state index in [1.165, 1.54) is 0 Å². The SMILES string of the molecule is Cc1ccncc1CNC(=O)CCNC(C)(C)C. The highest BCUT2D eigenvalue weighted by Gasteiger charge is 2.09. The van der Waals surface area contributed by atoms with E-state index in [-0.39, 0.29) is 11.4 Å². The molecular weight excluding hydrogens is 226 g/mol. The predicted molar refractivity (Wildman–Crippen MR) is 73.2 cm³/mol. The summed E-state index contributed by atoms with van der Waals surface area (Å²) in [5.74, 6) is 0.0648. The van der Waals surface area contributed by atoms with E-state index in [9.17, 15) is 4.79 Å². The molecule has 0 spiro atoms. The van der Waals surface area contributed by atoms with Gasteiger partial charge in [0, 0.05) is 37.4 Å². The summed E-state index contributed by atoms with van der Waals surface area (Å²) in [7, 11) is 0. The fourth-order valence-electron chi connectivity index (χ4n) is 1.51. The highest BCUT2D eigenvalue weighted by molar-refractivity contribution is 5.76. The molecule has 1 heterocycles. The molecule has 0 aliphatic rings. The number of aryl methyl sites for hydroxylation is 1. The van der Waals surface area contributed by atoms with Crippen LogP contribution in [0, 0.1) is 6.92 Å². The normalized spacial score (nSPS) is 11.3. The second-order valence-corrected chi connectivity index (χ2v) is 5.51. The Morgan fingerprint density at radius 2 is 2.11 bits per heavy atom. The van der Waals surface area contributed by atoms with Crippen molar-refractivity contribution in [3.05, 3.63) is 29.6 Å². The maximum Gasteiger partial charge on any atom is 0.221 e. The Balaban J connectivity index is 2.28. The van der Waals surface area contributed by atoms with Crippen molar-refractivity contribution in [3.63, 3.8) is 0 Å². The molecule has 18 heavy (non-hydrogen) atoms. The third-order valence-electron chi connectivity index (χ3n) is 2.63. The summed E-state index contributed by atoms with van der Waals surface area (Å²) in [6.45, 7) is 9.53. The van der Waals surface area contributed by atoms with Gasteiger partial charge in [0.2, 0.25) is 5.91 Å². The third kappa shape index (κ3) is 5.77. The van der Waals surface area contributed by atoms with Gasteiger partial charge in [-0.1, -0.05) is 0 Å². The van der Waals surface area contributed by atoms with Crippen LogP contribution < -0.4 is 10.6 Å². The van der Waals surface area contributed by atoms with E-state index in [0.717, 1.165) is 11.1 Å². The fourth-order valence-corrected chi connectivity index (χ4v) is 1.51. The van der Waals surface area contributed by atoms with E-state index in [2.05, 4.69) is 36.4 Å². The number of nitrogens with one attached hydrogen (secondary N) is 2. The molecule has 0 aromatic carbocycles. The van der Waals surface area contributed by atoms with Gasteiger partial charge in [-0.15, -0.1) is 0 Å². The van der Waals surface area contributed by atoms with Crippen LogP contribution in [0.1, 0.15) is 38.3 Å². The summed E-state index contributed by atoms with van der Waals surface area (Å²) in [5, 5.41) is 6.20. The Bertz CT molecular complexity index is 396. The van der Waals surface area contributed by atoms with E-state index in [1.807, 2.05) is 13.0 Å². The largest absolute Gasteiger partial charge is 0.352 e. The van der Waals surface area contributed by atoms with Crippen LogP contribution >= 0.6 is 0 Å². The zero-order valence-electron chi connectivity index (χ0n) is 11.7. The number of nitrogens with zero attached hydrogens (tertiary/aromatic N) is 1. The fraction of sp³-hybridized carbons (Fsp3) is 0.571. The molecule has 1 amide bonds. The van der Waals surface area contributed by atoms with Crippen LogP contribution in [0.2, 0.25) is 0 Å². The first-order valence-electron chi connectivity index (χ1n) is 6.30. The third-order valence-corrected chi connectivity index (χ3v) is 2.63. The van der Waals surface area contributed by atoms with E-state index >= 15 is 0 Å². The number of hydrogen-bond donors (Lipinski definition) is 2. The average molecular weight is 249 g/mol. The first-order chi connectivity index (χ1) is 8.38. The van der Waals surface area contributed by atoms with Crippen molar-refractivity contribution in [1.29, 1.82) is 0 Å². The molecule has 0 aliphatic carbocycles. The lowest BCUT2D eigenvalue weighted by Gasteiger charge is -2.20. The maximum absolute atomic E-state index is 11.6. The van der Waals surface area contributed by atoms with Gasteiger partial charge < -0.3 is 10.6 Å². The lowest BCUT2D eigenvalue weighted by molar-refractivity contribution is -0.121. The average Bonchev–Trinajstić information content (AvgIpc) is 2.26. The lowest BCUT2D eigenvalue weighted by Crippen LogP contribution is -2.38. The zero-order chi connectivity index (χ0) is 13.6. The summed E-state index contributed by atoms with van der Waals surface area (Å²) in [6.07, 6.45) is 4.05. The molecule has 0 aliphatic heterocycles. The topological polar surface area (TPSA) is 54.0 Å². The second kappa shape index (κ2) is 6.50. The molecule has 0 atom stereocenters. The molecule has 0 saturated carbocycles. The summed E-state index contributed by atoms with van der Waals surface area (Å²) in [6, 6.07) is 1.95. The monoisotopic (exact) mass is 249 g/mol. The van der Waals surface area contributed by atoms with Gasteiger partial charge >= 0.3 is 0 Å². The minimum Gasteiger partial charge on any atom is -0.352 e. The van der Waals surface area contributed by atoms with Crippen LogP contribution in [0.25, 0.3) is 0 Å². The van der Waals surface area contributed by atoms with Crippen molar-refractivity contribution in [2.24, 2.45) is 0 Å². The van der Waals surface area contributed by atoms with Gasteiger partial charge in [0.15, 0.2) is 0 Å². The molecule has 0 radical (unpaired) electrons. The Hall–Kier alpha value is -1.42. The van der Waals surface area contributed by atoms with Crippen molar-refractivity contribution in [2.75, 3.05) is 6.54 Å². The van der Waals surface area contributed by atoms with Gasteiger partial charge in [-0.25, -0.2) is 0 Å². The molecule has 0 saturated heterocycles. The van der Waals surface area contributed by atoms with E-state index in [1.54, 1.807) is 12.4 Å². The van der Waals surface area contributed by atoms with Crippen molar-refractivity contribution >= 4 is 5.91 Å². The maximum atomic E-state index is 11.6. The van der Waals surface area contributed by atoms with Crippen LogP contribution in [0.4, 0.5) is 0 Å². The summed E-state index contributed by atoms with van der Waals surface area (Å²) < 4.78 is 0. The summed E-state index contributed by atoms with van der Waals surface area (Å²) >= 11 is 0. The standard InChI is InChI=1S/C14H23N3O/c1-11-5-7-15-9-12(11)10-16-13(18)6-8-17-14(2,3)4/h5,7,9,17H,6,8,10H2,1-4H3,(H,16,18). The number of amides is 1. The first kappa shape index (κ1) is 14.6. The molecular formula is C14H23N3O. The number of rotatable bonds is 5. The minimum absolute atomic E-state index is 0.0558. The Morgan fingerprint density at radius 3 is 2.72 bits per heavy atom. The Morgan fingerprint density at radius 1 is 1.39 bits per heavy atom. The molecule has 1 rings (SSSR count). The number of aromatic nitrogens is 1. The number of carbonyl (C=O) groups excluding carboxylic acids is 1. The molecule has 0 bridgehead atoms. The molecule has 100 valence electrons. The van der Waals surface area contributed by atoms with Gasteiger partial charge in [0.25, 0.3) is 0 Å². The smallest absolute Gasteiger partial charge is 0.221 e. The highest BCUT2D eigenvalue weighted by Crippen LogP contribution is 2.04. The Kier molecular flexibility index (Phi) is 5.28. The number of hydrogen-bond acceptors (Lipinski definition) is 3. The highest BCUT2D eigenvalue weighted by atomic mass is 16.1. The molecule has 4 nitrogen and oxygen atoms in total. The molecule has 2 N–H and O–H groups in total. The predicted octanol–water partition coefficient (Wildman–Crippen LogP) is 1.78. The van der Waals surface area contributed by atoms with Gasteiger partial charge in [0.05, 0.1) is 0 Å². The van der Waals surface area contributed by atoms with E-state index < -0.39 is 0 Å². The lowest BCUT2D eigenvalue weighted by atomic mass is 10.1. The zero-order valence-corrected chi connectivity index (χ0v) is 11.7. The van der Waals surface area contributed by atoms with Crippen molar-refractivity contribution in [1.82, 2.24) is 15.6 Å². The molecule has 1 aromatic heterocycles. The van der Waals surface area contributed by atoms with Crippen LogP contribution in [0.15, 0.2) is 18.5 Å². The van der Waals surface area contributed by atoms with Crippen LogP contribution in [-0.2, 0) is 11.3 Å². The van der Waals surface area contributed by atoms with Crippen LogP contribution in [0.3, 0.4) is 0 Å². The first-order valence-corrected chi connectivity index (χ1v) is 6.30. The van der Waals surface area contributed by atoms with Gasteiger partial charge in [0.1, 0.15) is 0 Å². The summed E-state index contributed by atoms with van der Waals surface area (Å²) in [5.41, 5.74) is 2.27. The second-order valence-electron chi connectivity index (χ2n) is 5.51. The van der Waals surface area contributed by atoms with E-state index in [0.29, 0.717) is 19.5 Å². The van der Waals surface area contributed by atoms with Crippen molar-refractivity contribution in [2.45, 2.75) is 46.2 Å². The quantitative estimate of drug-likeness (QED) is 0.836. The van der Waals surface area contributed by atoms with Crippen molar-refractivity contribution in [3.8, 4) is 0 Å². The van der Waals surface area contributed by atoms with Gasteiger partial charge in [-0.05, 0) is 44.9 Å². The van der Waals surface area contributed by atoms with Gasteiger partial charge in [-0.3, -0.25) is 9.78 Å². The Labute approximate surface area is 109 Å². The van der Waals surface area contributed by atoms with E-state index in [4.69, 9.17) is 0 Å². The number of carbonyl (C=O) groups is 1. The minimum atomic E-state index is 0.0558. The molecule has 0 fully saturated rings. The summed E-state index contributed by atoms with van der Waals surface area (Å²) in [4.78, 5) is 15.7. The molecule has 1 aromatic rings. The molecule has 4 heteroatoms. The van der Waals surface area contributed by atoms with Crippen LogP contribution in [-0.4, -0.2) is 23.0 Å². The van der Waals surface area contributed by atoms with Gasteiger partial charge in [-0.2, -0.15) is 0 Å². The number of pyridine rings is 1.